The molecule has 33 heavy (non-hydrogen) atoms. The van der Waals surface area contributed by atoms with Crippen LogP contribution < -0.4 is 14.2 Å². The summed E-state index contributed by atoms with van der Waals surface area (Å²) in [6, 6.07) is 23.0. The number of esters is 1. The summed E-state index contributed by atoms with van der Waals surface area (Å²) in [6.45, 7) is 5.41. The van der Waals surface area contributed by atoms with Crippen LogP contribution in [0.15, 0.2) is 84.4 Å². The fraction of sp³-hybridized carbons (Fsp3) is 0.179. The first-order valence-corrected chi connectivity index (χ1v) is 11.0. The number of cyclic esters (lactones) is 1. The number of hydrogen-bond acceptors (Lipinski definition) is 5. The highest BCUT2D eigenvalue weighted by molar-refractivity contribution is 6.05. The molecule has 0 saturated heterocycles. The van der Waals surface area contributed by atoms with Crippen LogP contribution in [0.3, 0.4) is 0 Å². The zero-order valence-electron chi connectivity index (χ0n) is 18.7. The first-order valence-electron chi connectivity index (χ1n) is 11.0. The molecule has 0 fully saturated rings. The molecule has 5 heteroatoms. The van der Waals surface area contributed by atoms with Crippen LogP contribution in [0.2, 0.25) is 0 Å². The second-order valence-corrected chi connectivity index (χ2v) is 7.37. The van der Waals surface area contributed by atoms with E-state index < -0.39 is 0 Å². The van der Waals surface area contributed by atoms with E-state index >= 15 is 0 Å². The number of benzene rings is 3. The third-order valence-electron chi connectivity index (χ3n) is 5.00. The number of carbonyl (C=O) groups excluding carboxylic acids is 1. The molecule has 168 valence electrons. The van der Waals surface area contributed by atoms with Crippen LogP contribution in [0.25, 0.3) is 11.8 Å². The Morgan fingerprint density at radius 2 is 1.58 bits per heavy atom. The van der Waals surface area contributed by atoms with Crippen LogP contribution in [0.5, 0.6) is 17.2 Å². The monoisotopic (exact) mass is 442 g/mol. The molecular weight excluding hydrogens is 416 g/mol. The highest BCUT2D eigenvalue weighted by Gasteiger charge is 2.22. The van der Waals surface area contributed by atoms with E-state index in [4.69, 9.17) is 18.9 Å². The first kappa shape index (κ1) is 22.2. The molecule has 3 aromatic carbocycles. The van der Waals surface area contributed by atoms with Crippen molar-refractivity contribution in [3.05, 3.63) is 101 Å². The van der Waals surface area contributed by atoms with Gasteiger partial charge in [-0.25, -0.2) is 4.79 Å². The molecule has 0 radical (unpaired) electrons. The highest BCUT2D eigenvalue weighted by Crippen LogP contribution is 2.32. The average molecular weight is 443 g/mol. The fourth-order valence-corrected chi connectivity index (χ4v) is 3.43. The normalized spacial score (nSPS) is 14.1. The minimum Gasteiger partial charge on any atom is -0.494 e. The Balaban J connectivity index is 1.53. The van der Waals surface area contributed by atoms with E-state index in [1.165, 1.54) is 0 Å². The first-order chi connectivity index (χ1) is 16.2. The molecule has 1 aliphatic rings. The third-order valence-corrected chi connectivity index (χ3v) is 5.00. The van der Waals surface area contributed by atoms with Crippen molar-refractivity contribution in [1.82, 2.24) is 0 Å². The lowest BCUT2D eigenvalue weighted by Crippen LogP contribution is -2.00. The van der Waals surface area contributed by atoms with E-state index in [0.29, 0.717) is 42.7 Å². The molecule has 0 atom stereocenters. The third kappa shape index (κ3) is 5.63. The van der Waals surface area contributed by atoms with Crippen molar-refractivity contribution in [2.24, 2.45) is 0 Å². The van der Waals surface area contributed by atoms with E-state index in [1.807, 2.05) is 86.6 Å². The molecule has 0 aliphatic carbocycles. The quantitative estimate of drug-likeness (QED) is 0.299. The summed E-state index contributed by atoms with van der Waals surface area (Å²) in [5.74, 6) is 2.19. The van der Waals surface area contributed by atoms with E-state index in [0.717, 1.165) is 22.4 Å². The van der Waals surface area contributed by atoms with Gasteiger partial charge < -0.3 is 18.9 Å². The zero-order chi connectivity index (χ0) is 23.0. The molecule has 0 N–H and O–H groups in total. The number of hydrogen-bond donors (Lipinski definition) is 0. The van der Waals surface area contributed by atoms with Crippen molar-refractivity contribution >= 4 is 17.8 Å². The summed E-state index contributed by atoms with van der Waals surface area (Å²) in [5.41, 5.74) is 3.18. The van der Waals surface area contributed by atoms with Crippen LogP contribution in [-0.4, -0.2) is 19.2 Å². The molecule has 1 aliphatic heterocycles. The summed E-state index contributed by atoms with van der Waals surface area (Å²) >= 11 is 0. The Labute approximate surface area is 193 Å². The summed E-state index contributed by atoms with van der Waals surface area (Å²) in [7, 11) is 0. The maximum absolute atomic E-state index is 12.4. The summed E-state index contributed by atoms with van der Waals surface area (Å²) in [6.07, 6.45) is 3.53. The minimum atomic E-state index is -0.388. The molecule has 1 heterocycles. The van der Waals surface area contributed by atoms with Gasteiger partial charge in [-0.3, -0.25) is 0 Å². The van der Waals surface area contributed by atoms with Gasteiger partial charge in [0, 0.05) is 5.56 Å². The average Bonchev–Trinajstić information content (AvgIpc) is 3.20. The van der Waals surface area contributed by atoms with E-state index in [-0.39, 0.29) is 5.97 Å². The lowest BCUT2D eigenvalue weighted by molar-refractivity contribution is -0.130. The second-order valence-electron chi connectivity index (χ2n) is 7.37. The minimum absolute atomic E-state index is 0.388. The predicted octanol–water partition coefficient (Wildman–Crippen LogP) is 6.04. The van der Waals surface area contributed by atoms with E-state index in [2.05, 4.69) is 0 Å². The molecule has 0 saturated carbocycles. The summed E-state index contributed by atoms with van der Waals surface area (Å²) < 4.78 is 22.7. The zero-order valence-corrected chi connectivity index (χ0v) is 18.7. The Hall–Kier alpha value is -3.99. The van der Waals surface area contributed by atoms with Gasteiger partial charge in [-0.05, 0) is 73.5 Å². The molecule has 0 spiro atoms. The Bertz CT molecular complexity index is 1160. The van der Waals surface area contributed by atoms with Gasteiger partial charge in [0.05, 0.1) is 18.8 Å². The molecular formula is C28H26O5. The van der Waals surface area contributed by atoms with Gasteiger partial charge in [0.1, 0.15) is 18.1 Å². The topological polar surface area (TPSA) is 54.0 Å². The van der Waals surface area contributed by atoms with Gasteiger partial charge in [0.15, 0.2) is 11.5 Å². The van der Waals surface area contributed by atoms with E-state index in [1.54, 1.807) is 12.2 Å². The fourth-order valence-electron chi connectivity index (χ4n) is 3.43. The van der Waals surface area contributed by atoms with Gasteiger partial charge in [-0.1, -0.05) is 36.4 Å². The van der Waals surface area contributed by atoms with Gasteiger partial charge >= 0.3 is 5.97 Å². The Kier molecular flexibility index (Phi) is 7.10. The number of carbonyl (C=O) groups is 1. The Morgan fingerprint density at radius 1 is 0.818 bits per heavy atom. The van der Waals surface area contributed by atoms with Crippen molar-refractivity contribution in [3.63, 3.8) is 0 Å². The molecule has 3 aromatic rings. The predicted molar refractivity (Wildman–Crippen MR) is 128 cm³/mol. The lowest BCUT2D eigenvalue weighted by atomic mass is 10.1. The maximum atomic E-state index is 12.4. The largest absolute Gasteiger partial charge is 0.494 e. The molecule has 0 unspecified atom stereocenters. The van der Waals surface area contributed by atoms with Crippen molar-refractivity contribution in [2.45, 2.75) is 20.5 Å². The van der Waals surface area contributed by atoms with Crippen LogP contribution >= 0.6 is 0 Å². The SMILES string of the molecule is CCOc1ccc(C2=CC(=Cc3ccc(OCc4ccccc4)c(OCC)c3)C(=O)O2)cc1. The lowest BCUT2D eigenvalue weighted by Gasteiger charge is -2.13. The van der Waals surface area contributed by atoms with Gasteiger partial charge in [0.2, 0.25) is 0 Å². The Morgan fingerprint density at radius 3 is 2.30 bits per heavy atom. The van der Waals surface area contributed by atoms with Crippen LogP contribution in [0.4, 0.5) is 0 Å². The van der Waals surface area contributed by atoms with Crippen LogP contribution in [-0.2, 0) is 16.1 Å². The number of ether oxygens (including phenoxy) is 4. The van der Waals surface area contributed by atoms with Crippen molar-refractivity contribution in [3.8, 4) is 17.2 Å². The molecule has 4 rings (SSSR count). The maximum Gasteiger partial charge on any atom is 0.343 e. The van der Waals surface area contributed by atoms with Crippen molar-refractivity contribution < 1.29 is 23.7 Å². The van der Waals surface area contributed by atoms with Crippen molar-refractivity contribution in [1.29, 1.82) is 0 Å². The highest BCUT2D eigenvalue weighted by atomic mass is 16.5. The molecule has 0 bridgehead atoms. The van der Waals surface area contributed by atoms with Gasteiger partial charge in [-0.2, -0.15) is 0 Å². The molecule has 0 amide bonds. The van der Waals surface area contributed by atoms with Crippen molar-refractivity contribution in [2.75, 3.05) is 13.2 Å². The molecule has 5 nitrogen and oxygen atoms in total. The van der Waals surface area contributed by atoms with Gasteiger partial charge in [-0.15, -0.1) is 0 Å². The van der Waals surface area contributed by atoms with Gasteiger partial charge in [0.25, 0.3) is 0 Å². The van der Waals surface area contributed by atoms with Crippen LogP contribution in [0.1, 0.15) is 30.5 Å². The van der Waals surface area contributed by atoms with E-state index in [9.17, 15) is 4.79 Å². The van der Waals surface area contributed by atoms with Crippen LogP contribution in [0, 0.1) is 0 Å². The molecule has 0 aromatic heterocycles. The smallest absolute Gasteiger partial charge is 0.343 e. The standard InChI is InChI=1S/C28H26O5/c1-3-30-24-13-11-22(12-14-24)26-18-23(28(29)33-26)16-21-10-15-25(27(17-21)31-4-2)32-19-20-8-6-5-7-9-20/h5-18H,3-4,19H2,1-2H3. The number of rotatable bonds is 9. The summed E-state index contributed by atoms with van der Waals surface area (Å²) in [4.78, 5) is 12.4. The second kappa shape index (κ2) is 10.6. The summed E-state index contributed by atoms with van der Waals surface area (Å²) in [5, 5.41) is 0.